The minimum absolute atomic E-state index is 0.290. The number of likely N-dealkylation sites (N-methyl/N-ethyl adjacent to an activating group) is 1. The van der Waals surface area contributed by atoms with Crippen molar-refractivity contribution in [3.63, 3.8) is 0 Å². The number of hydrogen-bond donors (Lipinski definition) is 1. The molecule has 1 fully saturated rings. The fraction of sp³-hybridized carbons (Fsp3) is 0.429. The van der Waals surface area contributed by atoms with Gasteiger partial charge in [0.1, 0.15) is 0 Å². The van der Waals surface area contributed by atoms with Crippen LogP contribution < -0.4 is 4.74 Å². The number of benzene rings is 2. The topological polar surface area (TPSA) is 35.9 Å². The van der Waals surface area contributed by atoms with Crippen molar-refractivity contribution < 1.29 is 18.6 Å². The Morgan fingerprint density at radius 2 is 1.89 bits per heavy atom. The minimum Gasteiger partial charge on any atom is -0.491 e. The van der Waals surface area contributed by atoms with Crippen LogP contribution in [0.1, 0.15) is 17.5 Å². The highest BCUT2D eigenvalue weighted by Gasteiger charge is 2.45. The Morgan fingerprint density at radius 1 is 1.19 bits per heavy atom. The highest BCUT2D eigenvalue weighted by atomic mass is 19.1. The Labute approximate surface area is 159 Å². The molecule has 1 N–H and O–H groups in total. The van der Waals surface area contributed by atoms with E-state index in [9.17, 15) is 13.9 Å². The van der Waals surface area contributed by atoms with Crippen LogP contribution in [0.4, 0.5) is 8.78 Å². The number of aliphatic hydroxyl groups is 1. The van der Waals surface area contributed by atoms with Crippen molar-refractivity contribution in [3.8, 4) is 5.75 Å². The summed E-state index contributed by atoms with van der Waals surface area (Å²) < 4.78 is 32.9. The van der Waals surface area contributed by atoms with Crippen molar-refractivity contribution >= 4 is 0 Å². The molecule has 0 aliphatic carbocycles. The van der Waals surface area contributed by atoms with Crippen LogP contribution >= 0.6 is 0 Å². The molecule has 0 radical (unpaired) electrons. The largest absolute Gasteiger partial charge is 0.491 e. The Balaban J connectivity index is 1.81. The molecule has 27 heavy (non-hydrogen) atoms. The molecule has 2 aromatic rings. The van der Waals surface area contributed by atoms with Crippen LogP contribution in [-0.2, 0) is 12.1 Å². The van der Waals surface area contributed by atoms with Crippen LogP contribution in [-0.4, -0.2) is 55.3 Å². The van der Waals surface area contributed by atoms with Crippen LogP contribution in [0.25, 0.3) is 0 Å². The fourth-order valence-electron chi connectivity index (χ4n) is 4.09. The van der Waals surface area contributed by atoms with Gasteiger partial charge in [-0.15, -0.1) is 0 Å². The van der Waals surface area contributed by atoms with E-state index < -0.39 is 23.3 Å². The monoisotopic (exact) mass is 376 g/mol. The number of piperidine rings is 1. The Bertz CT molecular complexity index is 785. The van der Waals surface area contributed by atoms with Gasteiger partial charge in [-0.05, 0) is 32.1 Å². The van der Waals surface area contributed by atoms with Crippen LogP contribution in [0.3, 0.4) is 0 Å². The number of ether oxygens (including phenoxy) is 1. The SMILES string of the molecule is COc1c(F)ccc(CN2CC[C@@](c3ccccc3)(N(C)C)[C@H](O)C2)c1F. The molecule has 146 valence electrons. The van der Waals surface area contributed by atoms with Gasteiger partial charge in [0, 0.05) is 25.2 Å². The molecule has 0 spiro atoms. The van der Waals surface area contributed by atoms with Gasteiger partial charge < -0.3 is 9.84 Å². The summed E-state index contributed by atoms with van der Waals surface area (Å²) in [6.07, 6.45) is 0.0551. The van der Waals surface area contributed by atoms with E-state index in [0.29, 0.717) is 25.1 Å². The van der Waals surface area contributed by atoms with Gasteiger partial charge in [0.05, 0.1) is 18.8 Å². The van der Waals surface area contributed by atoms with Gasteiger partial charge in [0.25, 0.3) is 0 Å². The van der Waals surface area contributed by atoms with Gasteiger partial charge in [0.15, 0.2) is 17.4 Å². The van der Waals surface area contributed by atoms with Gasteiger partial charge in [-0.25, -0.2) is 8.78 Å². The number of aliphatic hydroxyl groups excluding tert-OH is 1. The summed E-state index contributed by atoms with van der Waals surface area (Å²) in [5, 5.41) is 11.0. The summed E-state index contributed by atoms with van der Waals surface area (Å²) in [4.78, 5) is 4.05. The molecular weight excluding hydrogens is 350 g/mol. The van der Waals surface area contributed by atoms with E-state index in [1.54, 1.807) is 0 Å². The van der Waals surface area contributed by atoms with Crippen molar-refractivity contribution in [1.82, 2.24) is 9.80 Å². The van der Waals surface area contributed by atoms with Gasteiger partial charge in [-0.2, -0.15) is 0 Å². The molecule has 0 unspecified atom stereocenters. The van der Waals surface area contributed by atoms with E-state index in [4.69, 9.17) is 4.74 Å². The quantitative estimate of drug-likeness (QED) is 0.870. The van der Waals surface area contributed by atoms with Crippen LogP contribution in [0.5, 0.6) is 5.75 Å². The lowest BCUT2D eigenvalue weighted by Crippen LogP contribution is -2.59. The molecule has 0 aromatic heterocycles. The summed E-state index contributed by atoms with van der Waals surface area (Å²) in [6.45, 7) is 1.37. The molecule has 4 nitrogen and oxygen atoms in total. The minimum atomic E-state index is -0.715. The average Bonchev–Trinajstić information content (AvgIpc) is 2.65. The maximum absolute atomic E-state index is 14.5. The number of hydrogen-bond acceptors (Lipinski definition) is 4. The number of methoxy groups -OCH3 is 1. The predicted octanol–water partition coefficient (Wildman–Crippen LogP) is 3.00. The third kappa shape index (κ3) is 3.57. The first-order chi connectivity index (χ1) is 12.9. The van der Waals surface area contributed by atoms with E-state index in [0.717, 1.165) is 5.56 Å². The maximum atomic E-state index is 14.5. The van der Waals surface area contributed by atoms with Crippen molar-refractivity contribution in [3.05, 3.63) is 65.2 Å². The lowest BCUT2D eigenvalue weighted by molar-refractivity contribution is -0.0704. The number of likely N-dealkylation sites (tertiary alicyclic amines) is 1. The second kappa shape index (κ2) is 7.92. The predicted molar refractivity (Wildman–Crippen MR) is 101 cm³/mol. The molecule has 6 heteroatoms. The Kier molecular flexibility index (Phi) is 5.79. The number of β-amino-alcohol motifs (C(OH)–C–C–N with tert-alkyl or cyclic N) is 1. The van der Waals surface area contributed by atoms with Crippen molar-refractivity contribution in [2.24, 2.45) is 0 Å². The number of halogens is 2. The first kappa shape index (κ1) is 19.7. The van der Waals surface area contributed by atoms with E-state index in [-0.39, 0.29) is 12.3 Å². The van der Waals surface area contributed by atoms with Gasteiger partial charge in [-0.3, -0.25) is 9.80 Å². The average molecular weight is 376 g/mol. The third-order valence-electron chi connectivity index (χ3n) is 5.59. The molecule has 0 amide bonds. The molecule has 0 bridgehead atoms. The number of nitrogens with zero attached hydrogens (tertiary/aromatic N) is 2. The number of rotatable bonds is 5. The Morgan fingerprint density at radius 3 is 2.48 bits per heavy atom. The zero-order chi connectivity index (χ0) is 19.6. The lowest BCUT2D eigenvalue weighted by atomic mass is 9.77. The summed E-state index contributed by atoms with van der Waals surface area (Å²) in [7, 11) is 5.19. The van der Waals surface area contributed by atoms with Crippen molar-refractivity contribution in [2.75, 3.05) is 34.3 Å². The molecule has 1 heterocycles. The van der Waals surface area contributed by atoms with Crippen molar-refractivity contribution in [2.45, 2.75) is 24.6 Å². The summed E-state index contributed by atoms with van der Waals surface area (Å²) in [5.74, 6) is -1.76. The second-order valence-electron chi connectivity index (χ2n) is 7.24. The summed E-state index contributed by atoms with van der Waals surface area (Å²) >= 11 is 0. The van der Waals surface area contributed by atoms with E-state index in [2.05, 4.69) is 4.90 Å². The van der Waals surface area contributed by atoms with Gasteiger partial charge in [0.2, 0.25) is 0 Å². The van der Waals surface area contributed by atoms with Crippen LogP contribution in [0, 0.1) is 11.6 Å². The smallest absolute Gasteiger partial charge is 0.190 e. The molecule has 2 atom stereocenters. The molecule has 1 saturated heterocycles. The molecule has 3 rings (SSSR count). The molecular formula is C21H26F2N2O2. The lowest BCUT2D eigenvalue weighted by Gasteiger charge is -2.50. The van der Waals surface area contributed by atoms with Crippen LogP contribution in [0.15, 0.2) is 42.5 Å². The van der Waals surface area contributed by atoms with E-state index >= 15 is 0 Å². The van der Waals surface area contributed by atoms with E-state index in [1.807, 2.05) is 49.3 Å². The maximum Gasteiger partial charge on any atom is 0.190 e. The van der Waals surface area contributed by atoms with Crippen LogP contribution in [0.2, 0.25) is 0 Å². The molecule has 2 aromatic carbocycles. The van der Waals surface area contributed by atoms with Crippen molar-refractivity contribution in [1.29, 1.82) is 0 Å². The molecule has 1 aliphatic rings. The fourth-order valence-corrected chi connectivity index (χ4v) is 4.09. The highest BCUT2D eigenvalue weighted by Crippen LogP contribution is 2.38. The summed E-state index contributed by atoms with van der Waals surface area (Å²) in [5.41, 5.74) is 0.936. The highest BCUT2D eigenvalue weighted by molar-refractivity contribution is 5.33. The summed E-state index contributed by atoms with van der Waals surface area (Å²) in [6, 6.07) is 12.6. The standard InChI is InChI=1S/C21H26F2N2O2/c1-24(2)21(16-7-5-4-6-8-16)11-12-25(14-18(21)26)13-15-9-10-17(22)20(27-3)19(15)23/h4-10,18,26H,11-14H2,1-3H3/t18-,21+/m1/s1. The van der Waals surface area contributed by atoms with Gasteiger partial charge in [-0.1, -0.05) is 36.4 Å². The first-order valence-electron chi connectivity index (χ1n) is 9.04. The van der Waals surface area contributed by atoms with E-state index in [1.165, 1.54) is 19.2 Å². The zero-order valence-corrected chi connectivity index (χ0v) is 16.0. The molecule has 0 saturated carbocycles. The Hall–Kier alpha value is -2.02. The zero-order valence-electron chi connectivity index (χ0n) is 16.0. The normalized spacial score (nSPS) is 23.6. The second-order valence-corrected chi connectivity index (χ2v) is 7.24. The van der Waals surface area contributed by atoms with Gasteiger partial charge >= 0.3 is 0 Å². The molecule has 1 aliphatic heterocycles. The third-order valence-corrected chi connectivity index (χ3v) is 5.59. The first-order valence-corrected chi connectivity index (χ1v) is 9.04.